The molecule has 0 aliphatic rings. The molecular formula is C10H9BrClF4N. The number of benzene rings is 1. The molecule has 0 saturated heterocycles. The van der Waals surface area contributed by atoms with Gasteiger partial charge in [-0.1, -0.05) is 27.5 Å². The lowest BCUT2D eigenvalue weighted by atomic mass is 10.2. The SMILES string of the molecule is FC(F)C(F)(F)CNCc1cc(Br)ccc1Cl. The number of hydrogen-bond acceptors (Lipinski definition) is 1. The second-order valence-electron chi connectivity index (χ2n) is 3.40. The second kappa shape index (κ2) is 6.02. The van der Waals surface area contributed by atoms with E-state index >= 15 is 0 Å². The second-order valence-corrected chi connectivity index (χ2v) is 4.72. The molecule has 0 aromatic heterocycles. The van der Waals surface area contributed by atoms with E-state index in [1.807, 2.05) is 0 Å². The summed E-state index contributed by atoms with van der Waals surface area (Å²) in [6.07, 6.45) is -3.67. The van der Waals surface area contributed by atoms with E-state index in [1.54, 1.807) is 18.2 Å². The Morgan fingerprint density at radius 1 is 1.35 bits per heavy atom. The molecule has 17 heavy (non-hydrogen) atoms. The van der Waals surface area contributed by atoms with Gasteiger partial charge in [-0.15, -0.1) is 0 Å². The van der Waals surface area contributed by atoms with E-state index in [0.29, 0.717) is 10.6 Å². The molecular weight excluding hydrogens is 325 g/mol. The maximum atomic E-state index is 12.6. The van der Waals surface area contributed by atoms with E-state index < -0.39 is 18.9 Å². The highest BCUT2D eigenvalue weighted by molar-refractivity contribution is 9.10. The Morgan fingerprint density at radius 2 is 2.00 bits per heavy atom. The number of nitrogens with one attached hydrogen (secondary N) is 1. The van der Waals surface area contributed by atoms with Crippen LogP contribution in [0.5, 0.6) is 0 Å². The molecule has 7 heteroatoms. The van der Waals surface area contributed by atoms with Crippen molar-refractivity contribution < 1.29 is 17.6 Å². The first-order valence-corrected chi connectivity index (χ1v) is 5.80. The van der Waals surface area contributed by atoms with Crippen LogP contribution in [0.2, 0.25) is 5.02 Å². The summed E-state index contributed by atoms with van der Waals surface area (Å²) in [6.45, 7) is -1.09. The summed E-state index contributed by atoms with van der Waals surface area (Å²) < 4.78 is 49.6. The lowest BCUT2D eigenvalue weighted by Gasteiger charge is -2.16. The normalized spacial score (nSPS) is 12.2. The van der Waals surface area contributed by atoms with E-state index in [4.69, 9.17) is 11.6 Å². The van der Waals surface area contributed by atoms with Crippen molar-refractivity contribution in [1.82, 2.24) is 5.32 Å². The number of rotatable bonds is 5. The van der Waals surface area contributed by atoms with Crippen LogP contribution >= 0.6 is 27.5 Å². The van der Waals surface area contributed by atoms with Gasteiger partial charge in [-0.05, 0) is 23.8 Å². The summed E-state index contributed by atoms with van der Waals surface area (Å²) in [5.41, 5.74) is 0.561. The fourth-order valence-corrected chi connectivity index (χ4v) is 1.71. The molecule has 96 valence electrons. The van der Waals surface area contributed by atoms with Crippen LogP contribution in [-0.4, -0.2) is 18.9 Å². The van der Waals surface area contributed by atoms with Gasteiger partial charge in [-0.25, -0.2) is 8.78 Å². The molecule has 0 fully saturated rings. The van der Waals surface area contributed by atoms with Crippen molar-refractivity contribution in [2.45, 2.75) is 18.9 Å². The Balaban J connectivity index is 2.54. The average Bonchev–Trinajstić information content (AvgIpc) is 2.22. The van der Waals surface area contributed by atoms with Crippen molar-refractivity contribution in [2.24, 2.45) is 0 Å². The minimum absolute atomic E-state index is 0.000579. The first kappa shape index (κ1) is 14.7. The van der Waals surface area contributed by atoms with Crippen molar-refractivity contribution in [3.8, 4) is 0 Å². The summed E-state index contributed by atoms with van der Waals surface area (Å²) in [6, 6.07) is 4.92. The van der Waals surface area contributed by atoms with Gasteiger partial charge in [0.25, 0.3) is 0 Å². The molecule has 1 rings (SSSR count). The van der Waals surface area contributed by atoms with Gasteiger partial charge in [0.15, 0.2) is 0 Å². The molecule has 0 heterocycles. The summed E-state index contributed by atoms with van der Waals surface area (Å²) >= 11 is 9.01. The highest BCUT2D eigenvalue weighted by Gasteiger charge is 2.39. The fourth-order valence-electron chi connectivity index (χ4n) is 1.12. The van der Waals surface area contributed by atoms with Gasteiger partial charge in [0.05, 0.1) is 6.54 Å². The van der Waals surface area contributed by atoms with Crippen LogP contribution < -0.4 is 5.32 Å². The third-order valence-corrected chi connectivity index (χ3v) is 2.87. The minimum atomic E-state index is -4.03. The zero-order valence-corrected chi connectivity index (χ0v) is 10.8. The summed E-state index contributed by atoms with van der Waals surface area (Å²) in [5, 5.41) is 2.65. The maximum absolute atomic E-state index is 12.6. The third-order valence-electron chi connectivity index (χ3n) is 2.00. The van der Waals surface area contributed by atoms with Crippen LogP contribution in [-0.2, 0) is 6.54 Å². The molecule has 1 aromatic rings. The zero-order chi connectivity index (χ0) is 13.1. The number of halogens is 6. The van der Waals surface area contributed by atoms with Gasteiger partial charge < -0.3 is 5.32 Å². The molecule has 0 amide bonds. The van der Waals surface area contributed by atoms with Crippen LogP contribution in [0.1, 0.15) is 5.56 Å². The first-order valence-electron chi connectivity index (χ1n) is 4.63. The Labute approximate surface area is 109 Å². The standard InChI is InChI=1S/C10H9BrClF4N/c11-7-1-2-8(12)6(3-7)4-17-5-10(15,16)9(13)14/h1-3,9,17H,4-5H2. The smallest absolute Gasteiger partial charge is 0.307 e. The van der Waals surface area contributed by atoms with E-state index in [9.17, 15) is 17.6 Å². The summed E-state index contributed by atoms with van der Waals surface area (Å²) in [4.78, 5) is 0. The van der Waals surface area contributed by atoms with Gasteiger partial charge in [0.2, 0.25) is 0 Å². The lowest BCUT2D eigenvalue weighted by molar-refractivity contribution is -0.125. The predicted octanol–water partition coefficient (Wildman–Crippen LogP) is 4.09. The van der Waals surface area contributed by atoms with Crippen molar-refractivity contribution >= 4 is 27.5 Å². The Morgan fingerprint density at radius 3 is 2.59 bits per heavy atom. The van der Waals surface area contributed by atoms with Gasteiger partial charge in [-0.2, -0.15) is 8.78 Å². The van der Waals surface area contributed by atoms with Crippen LogP contribution in [0, 0.1) is 0 Å². The average molecular weight is 335 g/mol. The van der Waals surface area contributed by atoms with E-state index in [1.165, 1.54) is 0 Å². The topological polar surface area (TPSA) is 12.0 Å². The molecule has 0 bridgehead atoms. The minimum Gasteiger partial charge on any atom is -0.307 e. The highest BCUT2D eigenvalue weighted by Crippen LogP contribution is 2.23. The van der Waals surface area contributed by atoms with E-state index in [2.05, 4.69) is 21.2 Å². The summed E-state index contributed by atoms with van der Waals surface area (Å²) in [7, 11) is 0. The molecule has 0 aliphatic heterocycles. The van der Waals surface area contributed by atoms with Crippen molar-refractivity contribution in [3.05, 3.63) is 33.3 Å². The molecule has 0 unspecified atom stereocenters. The van der Waals surface area contributed by atoms with Gasteiger partial charge in [0, 0.05) is 16.0 Å². The zero-order valence-electron chi connectivity index (χ0n) is 8.49. The van der Waals surface area contributed by atoms with Crippen LogP contribution in [0.3, 0.4) is 0 Å². The van der Waals surface area contributed by atoms with Crippen LogP contribution in [0.25, 0.3) is 0 Å². The quantitative estimate of drug-likeness (QED) is 0.800. The molecule has 0 atom stereocenters. The molecule has 1 aromatic carbocycles. The molecule has 0 spiro atoms. The Hall–Kier alpha value is -0.330. The van der Waals surface area contributed by atoms with Gasteiger partial charge in [-0.3, -0.25) is 0 Å². The van der Waals surface area contributed by atoms with Crippen molar-refractivity contribution in [3.63, 3.8) is 0 Å². The number of hydrogen-bond donors (Lipinski definition) is 1. The molecule has 1 nitrogen and oxygen atoms in total. The monoisotopic (exact) mass is 333 g/mol. The Bertz CT molecular complexity index is 387. The third kappa shape index (κ3) is 4.44. The van der Waals surface area contributed by atoms with E-state index in [-0.39, 0.29) is 6.54 Å². The fraction of sp³-hybridized carbons (Fsp3) is 0.400. The maximum Gasteiger partial charge on any atom is 0.319 e. The molecule has 1 N–H and O–H groups in total. The van der Waals surface area contributed by atoms with E-state index in [0.717, 1.165) is 4.47 Å². The van der Waals surface area contributed by atoms with Crippen LogP contribution in [0.4, 0.5) is 17.6 Å². The first-order chi connectivity index (χ1) is 7.83. The molecule has 0 aliphatic carbocycles. The van der Waals surface area contributed by atoms with Crippen LogP contribution in [0.15, 0.2) is 22.7 Å². The van der Waals surface area contributed by atoms with Crippen molar-refractivity contribution in [1.29, 1.82) is 0 Å². The molecule has 0 saturated carbocycles. The highest BCUT2D eigenvalue weighted by atomic mass is 79.9. The lowest BCUT2D eigenvalue weighted by Crippen LogP contribution is -2.38. The molecule has 0 radical (unpaired) electrons. The number of alkyl halides is 4. The van der Waals surface area contributed by atoms with Gasteiger partial charge >= 0.3 is 12.3 Å². The Kier molecular flexibility index (Phi) is 5.22. The largest absolute Gasteiger partial charge is 0.319 e. The van der Waals surface area contributed by atoms with Crippen molar-refractivity contribution in [2.75, 3.05) is 6.54 Å². The summed E-state index contributed by atoms with van der Waals surface area (Å²) in [5.74, 6) is -4.03. The predicted molar refractivity (Wildman–Crippen MR) is 61.8 cm³/mol. The van der Waals surface area contributed by atoms with Gasteiger partial charge in [0.1, 0.15) is 0 Å².